The van der Waals surface area contributed by atoms with Crippen LogP contribution in [0.15, 0.2) is 36.7 Å². The summed E-state index contributed by atoms with van der Waals surface area (Å²) in [4.78, 5) is 6.19. The van der Waals surface area contributed by atoms with Gasteiger partial charge >= 0.3 is 6.55 Å². The van der Waals surface area contributed by atoms with Crippen molar-refractivity contribution in [3.05, 3.63) is 48.0 Å². The van der Waals surface area contributed by atoms with Crippen LogP contribution in [0.5, 0.6) is 0 Å². The van der Waals surface area contributed by atoms with Crippen molar-refractivity contribution in [2.45, 2.75) is 32.6 Å². The maximum Gasteiger partial charge on any atom is 0.319 e. The smallest absolute Gasteiger partial charge is 0.319 e. The highest BCUT2D eigenvalue weighted by molar-refractivity contribution is 5.54. The van der Waals surface area contributed by atoms with Crippen molar-refractivity contribution in [1.29, 1.82) is 0 Å². The second kappa shape index (κ2) is 5.81. The quantitative estimate of drug-likeness (QED) is 0.944. The fourth-order valence-corrected chi connectivity index (χ4v) is 2.71. The lowest BCUT2D eigenvalue weighted by Gasteiger charge is -2.26. The molecule has 112 valence electrons. The van der Waals surface area contributed by atoms with Crippen LogP contribution in [-0.2, 0) is 13.1 Å². The summed E-state index contributed by atoms with van der Waals surface area (Å²) in [5, 5.41) is 3.43. The topological polar surface area (TPSA) is 33.1 Å². The van der Waals surface area contributed by atoms with E-state index in [1.165, 1.54) is 18.0 Å². The van der Waals surface area contributed by atoms with E-state index in [0.29, 0.717) is 12.4 Å². The van der Waals surface area contributed by atoms with Gasteiger partial charge in [0.2, 0.25) is 0 Å². The summed E-state index contributed by atoms with van der Waals surface area (Å²) >= 11 is 0. The molecular weight excluding hydrogens is 274 g/mol. The van der Waals surface area contributed by atoms with E-state index < -0.39 is 6.55 Å². The molecule has 1 aliphatic heterocycles. The van der Waals surface area contributed by atoms with Crippen molar-refractivity contribution in [2.24, 2.45) is 0 Å². The number of aromatic nitrogens is 2. The molecule has 1 unspecified atom stereocenters. The highest BCUT2D eigenvalue weighted by Crippen LogP contribution is 2.25. The average molecular weight is 292 g/mol. The zero-order valence-corrected chi connectivity index (χ0v) is 11.8. The molecule has 0 aliphatic carbocycles. The van der Waals surface area contributed by atoms with E-state index in [0.717, 1.165) is 23.3 Å². The molecular formula is C15H18F2N4. The van der Waals surface area contributed by atoms with Gasteiger partial charge < -0.3 is 10.2 Å². The molecule has 0 amide bonds. The molecule has 2 aromatic rings. The fourth-order valence-electron chi connectivity index (χ4n) is 2.71. The van der Waals surface area contributed by atoms with E-state index in [1.54, 1.807) is 0 Å². The minimum absolute atomic E-state index is 0.285. The van der Waals surface area contributed by atoms with Crippen LogP contribution in [0, 0.1) is 0 Å². The number of nitrogens with one attached hydrogen (secondary N) is 1. The first kappa shape index (κ1) is 14.0. The number of fused-ring (bicyclic) bond motifs is 1. The van der Waals surface area contributed by atoms with Gasteiger partial charge in [-0.2, -0.15) is 8.78 Å². The summed E-state index contributed by atoms with van der Waals surface area (Å²) in [6, 6.07) is 8.35. The van der Waals surface area contributed by atoms with Crippen LogP contribution in [0.25, 0.3) is 0 Å². The lowest BCUT2D eigenvalue weighted by Crippen LogP contribution is -2.36. The normalized spacial score (nSPS) is 18.7. The highest BCUT2D eigenvalue weighted by atomic mass is 19.3. The molecule has 1 atom stereocenters. The Kier molecular flexibility index (Phi) is 3.88. The zero-order chi connectivity index (χ0) is 14.8. The summed E-state index contributed by atoms with van der Waals surface area (Å²) in [7, 11) is 0. The van der Waals surface area contributed by atoms with E-state index >= 15 is 0 Å². The van der Waals surface area contributed by atoms with Gasteiger partial charge in [-0.1, -0.05) is 18.2 Å². The highest BCUT2D eigenvalue weighted by Gasteiger charge is 2.21. The van der Waals surface area contributed by atoms with Gasteiger partial charge in [0, 0.05) is 37.2 Å². The number of halogens is 2. The fraction of sp³-hybridized carbons (Fsp3) is 0.400. The third kappa shape index (κ3) is 2.90. The number of anilines is 1. The average Bonchev–Trinajstić information content (AvgIpc) is 2.87. The molecule has 21 heavy (non-hydrogen) atoms. The standard InChI is InChI=1S/C15H18F2N4/c1-11-9-20(10-14-18-6-7-21(14)15(16)17)13-5-3-2-4-12(13)8-19-11/h2-7,11,15,19H,8-10H2,1H3. The SMILES string of the molecule is CC1CN(Cc2nccn2C(F)F)c2ccccc2CN1. The van der Waals surface area contributed by atoms with Crippen molar-refractivity contribution < 1.29 is 8.78 Å². The second-order valence-electron chi connectivity index (χ2n) is 5.32. The Hall–Kier alpha value is -1.95. The Morgan fingerprint density at radius 3 is 3.00 bits per heavy atom. The molecule has 0 spiro atoms. The van der Waals surface area contributed by atoms with Crippen molar-refractivity contribution in [3.63, 3.8) is 0 Å². The maximum absolute atomic E-state index is 13.0. The van der Waals surface area contributed by atoms with Crippen LogP contribution < -0.4 is 10.2 Å². The van der Waals surface area contributed by atoms with Crippen molar-refractivity contribution in [3.8, 4) is 0 Å². The first-order valence-corrected chi connectivity index (χ1v) is 7.01. The number of nitrogens with zero attached hydrogens (tertiary/aromatic N) is 3. The van der Waals surface area contributed by atoms with Crippen LogP contribution in [-0.4, -0.2) is 22.1 Å². The summed E-state index contributed by atoms with van der Waals surface area (Å²) in [6.07, 6.45) is 2.75. The third-order valence-corrected chi connectivity index (χ3v) is 3.76. The molecule has 0 radical (unpaired) electrons. The first-order chi connectivity index (χ1) is 10.1. The Morgan fingerprint density at radius 2 is 2.19 bits per heavy atom. The monoisotopic (exact) mass is 292 g/mol. The van der Waals surface area contributed by atoms with E-state index in [4.69, 9.17) is 0 Å². The minimum atomic E-state index is -2.56. The van der Waals surface area contributed by atoms with Gasteiger partial charge in [-0.3, -0.25) is 4.57 Å². The Morgan fingerprint density at radius 1 is 1.38 bits per heavy atom. The molecule has 1 aromatic heterocycles. The number of hydrogen-bond acceptors (Lipinski definition) is 3. The molecule has 1 aromatic carbocycles. The molecule has 0 saturated heterocycles. The van der Waals surface area contributed by atoms with E-state index in [9.17, 15) is 8.78 Å². The van der Waals surface area contributed by atoms with E-state index in [2.05, 4.69) is 28.2 Å². The molecule has 0 bridgehead atoms. The van der Waals surface area contributed by atoms with E-state index in [-0.39, 0.29) is 6.04 Å². The Labute approximate surface area is 122 Å². The van der Waals surface area contributed by atoms with Crippen LogP contribution in [0.2, 0.25) is 0 Å². The predicted molar refractivity (Wildman–Crippen MR) is 77.3 cm³/mol. The first-order valence-electron chi connectivity index (χ1n) is 7.01. The maximum atomic E-state index is 13.0. The molecule has 1 N–H and O–H groups in total. The van der Waals surface area contributed by atoms with E-state index in [1.807, 2.05) is 18.2 Å². The Bertz CT molecular complexity index is 611. The molecule has 0 saturated carbocycles. The van der Waals surface area contributed by atoms with Crippen LogP contribution in [0.1, 0.15) is 24.9 Å². The molecule has 1 aliphatic rings. The summed E-state index contributed by atoms with van der Waals surface area (Å²) in [5.74, 6) is 0.383. The minimum Gasteiger partial charge on any atom is -0.362 e. The van der Waals surface area contributed by atoms with Gasteiger partial charge in [-0.15, -0.1) is 0 Å². The molecule has 0 fully saturated rings. The molecule has 2 heterocycles. The van der Waals surface area contributed by atoms with Crippen LogP contribution in [0.3, 0.4) is 0 Å². The Balaban J connectivity index is 1.91. The van der Waals surface area contributed by atoms with Crippen molar-refractivity contribution >= 4 is 5.69 Å². The molecule has 3 rings (SSSR count). The summed E-state index contributed by atoms with van der Waals surface area (Å²) in [6.45, 7) is 1.46. The number of benzene rings is 1. The third-order valence-electron chi connectivity index (χ3n) is 3.76. The van der Waals surface area contributed by atoms with Gasteiger partial charge in [0.05, 0.1) is 6.54 Å². The number of alkyl halides is 2. The summed E-state index contributed by atoms with van der Waals surface area (Å²) in [5.41, 5.74) is 2.26. The van der Waals surface area contributed by atoms with Gasteiger partial charge in [0.25, 0.3) is 0 Å². The largest absolute Gasteiger partial charge is 0.362 e. The number of hydrogen-bond donors (Lipinski definition) is 1. The second-order valence-corrected chi connectivity index (χ2v) is 5.32. The van der Waals surface area contributed by atoms with Gasteiger partial charge in [0.15, 0.2) is 0 Å². The van der Waals surface area contributed by atoms with Gasteiger partial charge in [-0.25, -0.2) is 4.98 Å². The number of imidazole rings is 1. The van der Waals surface area contributed by atoms with Gasteiger partial charge in [0.1, 0.15) is 5.82 Å². The van der Waals surface area contributed by atoms with Gasteiger partial charge in [-0.05, 0) is 18.6 Å². The number of para-hydroxylation sites is 1. The molecule has 4 nitrogen and oxygen atoms in total. The number of rotatable bonds is 3. The lowest BCUT2D eigenvalue weighted by atomic mass is 10.1. The van der Waals surface area contributed by atoms with Crippen molar-refractivity contribution in [1.82, 2.24) is 14.9 Å². The van der Waals surface area contributed by atoms with Crippen LogP contribution in [0.4, 0.5) is 14.5 Å². The van der Waals surface area contributed by atoms with Crippen molar-refractivity contribution in [2.75, 3.05) is 11.4 Å². The van der Waals surface area contributed by atoms with Crippen LogP contribution >= 0.6 is 0 Å². The lowest BCUT2D eigenvalue weighted by molar-refractivity contribution is 0.0670. The predicted octanol–water partition coefficient (Wildman–Crippen LogP) is 2.78. The summed E-state index contributed by atoms with van der Waals surface area (Å²) < 4.78 is 26.8. The molecule has 6 heteroatoms. The zero-order valence-electron chi connectivity index (χ0n) is 11.8.